The van der Waals surface area contributed by atoms with E-state index in [0.717, 1.165) is 24.3 Å². The van der Waals surface area contributed by atoms with Crippen LogP contribution in [-0.2, 0) is 6.42 Å². The number of H-pyrrole nitrogens is 1. The molecule has 2 aromatic heterocycles. The second-order valence-corrected chi connectivity index (χ2v) is 5.84. The number of anilines is 1. The van der Waals surface area contributed by atoms with Crippen molar-refractivity contribution in [2.75, 3.05) is 11.9 Å². The Labute approximate surface area is 122 Å². The molecule has 0 bridgehead atoms. The number of nitrogens with zero attached hydrogens (tertiary/aromatic N) is 3. The summed E-state index contributed by atoms with van der Waals surface area (Å²) in [5, 5.41) is 3.47. The number of nitrogens with one attached hydrogen (secondary N) is 2. The first kappa shape index (κ1) is 12.3. The molecule has 3 aromatic rings. The molecular formula is C16H17N5. The van der Waals surface area contributed by atoms with Crippen LogP contribution in [0.25, 0.3) is 11.2 Å². The standard InChI is InChI=1S/C16H17N5/c1-2-4-12(5-3-1)8-16(6-7-16)9-17-14-13-15(19-10-18-13)21-11-20-14/h1-5,10-11H,6-9H2,(H2,17,18,19,20,21). The van der Waals surface area contributed by atoms with Crippen molar-refractivity contribution in [3.05, 3.63) is 48.5 Å². The molecule has 2 heterocycles. The SMILES string of the molecule is c1ccc(CC2(CNc3ncnc4nc[nH]c34)CC2)cc1. The number of imidazole rings is 1. The minimum absolute atomic E-state index is 0.374. The van der Waals surface area contributed by atoms with Gasteiger partial charge in [0.05, 0.1) is 6.33 Å². The van der Waals surface area contributed by atoms with Gasteiger partial charge in [0.1, 0.15) is 11.8 Å². The van der Waals surface area contributed by atoms with E-state index in [2.05, 4.69) is 55.6 Å². The molecule has 1 fully saturated rings. The van der Waals surface area contributed by atoms with Crippen molar-refractivity contribution in [3.63, 3.8) is 0 Å². The van der Waals surface area contributed by atoms with Crippen molar-refractivity contribution in [1.82, 2.24) is 19.9 Å². The Hall–Kier alpha value is -2.43. The van der Waals surface area contributed by atoms with Crippen LogP contribution in [0.5, 0.6) is 0 Å². The molecule has 1 aliphatic carbocycles. The molecule has 106 valence electrons. The minimum atomic E-state index is 0.374. The summed E-state index contributed by atoms with van der Waals surface area (Å²) in [6, 6.07) is 10.7. The minimum Gasteiger partial charge on any atom is -0.368 e. The molecule has 0 amide bonds. The highest BCUT2D eigenvalue weighted by atomic mass is 15.1. The predicted molar refractivity (Wildman–Crippen MR) is 82.0 cm³/mol. The number of rotatable bonds is 5. The lowest BCUT2D eigenvalue weighted by Crippen LogP contribution is -2.18. The van der Waals surface area contributed by atoms with Crippen LogP contribution in [0.2, 0.25) is 0 Å². The molecule has 0 spiro atoms. The zero-order valence-corrected chi connectivity index (χ0v) is 11.7. The fourth-order valence-electron chi connectivity index (χ4n) is 2.79. The van der Waals surface area contributed by atoms with Gasteiger partial charge in [-0.15, -0.1) is 0 Å². The van der Waals surface area contributed by atoms with Gasteiger partial charge >= 0.3 is 0 Å². The second-order valence-electron chi connectivity index (χ2n) is 5.84. The van der Waals surface area contributed by atoms with Gasteiger partial charge in [-0.25, -0.2) is 15.0 Å². The van der Waals surface area contributed by atoms with Gasteiger partial charge in [-0.3, -0.25) is 0 Å². The van der Waals surface area contributed by atoms with Crippen LogP contribution in [-0.4, -0.2) is 26.5 Å². The molecule has 0 saturated heterocycles. The normalized spacial score (nSPS) is 16.0. The fraction of sp³-hybridized carbons (Fsp3) is 0.312. The second kappa shape index (κ2) is 4.84. The topological polar surface area (TPSA) is 66.5 Å². The van der Waals surface area contributed by atoms with E-state index in [1.165, 1.54) is 18.4 Å². The van der Waals surface area contributed by atoms with Crippen LogP contribution in [0.4, 0.5) is 5.82 Å². The van der Waals surface area contributed by atoms with E-state index >= 15 is 0 Å². The lowest BCUT2D eigenvalue weighted by atomic mass is 9.96. The van der Waals surface area contributed by atoms with Gasteiger partial charge in [0.2, 0.25) is 0 Å². The van der Waals surface area contributed by atoms with Gasteiger partial charge in [0, 0.05) is 6.54 Å². The Morgan fingerprint density at radius 1 is 1.10 bits per heavy atom. The van der Waals surface area contributed by atoms with Crippen LogP contribution >= 0.6 is 0 Å². The molecule has 0 radical (unpaired) electrons. The number of benzene rings is 1. The summed E-state index contributed by atoms with van der Waals surface area (Å²) in [6.07, 6.45) is 6.87. The highest BCUT2D eigenvalue weighted by Crippen LogP contribution is 2.48. The summed E-state index contributed by atoms with van der Waals surface area (Å²) in [7, 11) is 0. The molecule has 1 aliphatic rings. The monoisotopic (exact) mass is 279 g/mol. The summed E-state index contributed by atoms with van der Waals surface area (Å²) in [5.74, 6) is 0.844. The Balaban J connectivity index is 1.48. The van der Waals surface area contributed by atoms with E-state index in [1.54, 1.807) is 12.7 Å². The van der Waals surface area contributed by atoms with E-state index < -0.39 is 0 Å². The number of fused-ring (bicyclic) bond motifs is 1. The average molecular weight is 279 g/mol. The first-order chi connectivity index (χ1) is 10.3. The van der Waals surface area contributed by atoms with Crippen molar-refractivity contribution < 1.29 is 0 Å². The van der Waals surface area contributed by atoms with Crippen LogP contribution in [0.3, 0.4) is 0 Å². The predicted octanol–water partition coefficient (Wildman–Crippen LogP) is 2.79. The molecule has 0 unspecified atom stereocenters. The molecule has 1 saturated carbocycles. The van der Waals surface area contributed by atoms with Gasteiger partial charge in [0.15, 0.2) is 11.5 Å². The van der Waals surface area contributed by atoms with Gasteiger partial charge in [-0.1, -0.05) is 30.3 Å². The molecule has 5 nitrogen and oxygen atoms in total. The van der Waals surface area contributed by atoms with Gasteiger partial charge in [-0.05, 0) is 30.2 Å². The number of hydrogen-bond acceptors (Lipinski definition) is 4. The third kappa shape index (κ3) is 2.46. The number of aromatic amines is 1. The van der Waals surface area contributed by atoms with Crippen molar-refractivity contribution in [1.29, 1.82) is 0 Å². The van der Waals surface area contributed by atoms with Crippen molar-refractivity contribution in [3.8, 4) is 0 Å². The lowest BCUT2D eigenvalue weighted by molar-refractivity contribution is 0.538. The van der Waals surface area contributed by atoms with Gasteiger partial charge in [0.25, 0.3) is 0 Å². The Morgan fingerprint density at radius 3 is 2.76 bits per heavy atom. The summed E-state index contributed by atoms with van der Waals surface area (Å²) in [5.41, 5.74) is 3.37. The van der Waals surface area contributed by atoms with Crippen LogP contribution < -0.4 is 5.32 Å². The van der Waals surface area contributed by atoms with E-state index in [9.17, 15) is 0 Å². The van der Waals surface area contributed by atoms with E-state index in [1.807, 2.05) is 0 Å². The molecular weight excluding hydrogens is 262 g/mol. The van der Waals surface area contributed by atoms with Crippen LogP contribution in [0, 0.1) is 5.41 Å². The van der Waals surface area contributed by atoms with Crippen molar-refractivity contribution in [2.45, 2.75) is 19.3 Å². The summed E-state index contributed by atoms with van der Waals surface area (Å²) >= 11 is 0. The van der Waals surface area contributed by atoms with E-state index in [4.69, 9.17) is 0 Å². The third-order valence-corrected chi connectivity index (χ3v) is 4.23. The molecule has 0 atom stereocenters. The first-order valence-electron chi connectivity index (χ1n) is 7.27. The first-order valence-corrected chi connectivity index (χ1v) is 7.27. The fourth-order valence-corrected chi connectivity index (χ4v) is 2.79. The Morgan fingerprint density at radius 2 is 1.95 bits per heavy atom. The smallest absolute Gasteiger partial charge is 0.182 e. The number of hydrogen-bond donors (Lipinski definition) is 2. The molecule has 2 N–H and O–H groups in total. The molecule has 1 aromatic carbocycles. The third-order valence-electron chi connectivity index (χ3n) is 4.23. The zero-order chi connectivity index (χ0) is 14.1. The van der Waals surface area contributed by atoms with Crippen molar-refractivity contribution in [2.24, 2.45) is 5.41 Å². The average Bonchev–Trinajstić information content (AvgIpc) is 3.10. The van der Waals surface area contributed by atoms with Crippen molar-refractivity contribution >= 4 is 17.0 Å². The maximum absolute atomic E-state index is 4.32. The maximum Gasteiger partial charge on any atom is 0.182 e. The quantitative estimate of drug-likeness (QED) is 0.753. The highest BCUT2D eigenvalue weighted by molar-refractivity contribution is 5.81. The summed E-state index contributed by atoms with van der Waals surface area (Å²) in [4.78, 5) is 15.7. The van der Waals surface area contributed by atoms with Crippen LogP contribution in [0.1, 0.15) is 18.4 Å². The molecule has 5 heteroatoms. The molecule has 0 aliphatic heterocycles. The molecule has 21 heavy (non-hydrogen) atoms. The Kier molecular flexibility index (Phi) is 2.84. The van der Waals surface area contributed by atoms with Gasteiger partial charge < -0.3 is 10.3 Å². The van der Waals surface area contributed by atoms with Gasteiger partial charge in [-0.2, -0.15) is 0 Å². The Bertz CT molecular complexity index is 745. The highest BCUT2D eigenvalue weighted by Gasteiger charge is 2.42. The maximum atomic E-state index is 4.32. The lowest BCUT2D eigenvalue weighted by Gasteiger charge is -2.16. The molecule has 4 rings (SSSR count). The number of aromatic nitrogens is 4. The largest absolute Gasteiger partial charge is 0.368 e. The summed E-state index contributed by atoms with van der Waals surface area (Å²) in [6.45, 7) is 0.938. The van der Waals surface area contributed by atoms with E-state index in [-0.39, 0.29) is 0 Å². The zero-order valence-electron chi connectivity index (χ0n) is 11.7. The summed E-state index contributed by atoms with van der Waals surface area (Å²) < 4.78 is 0. The van der Waals surface area contributed by atoms with E-state index in [0.29, 0.717) is 11.1 Å². The van der Waals surface area contributed by atoms with Crippen LogP contribution in [0.15, 0.2) is 43.0 Å².